The fourth-order valence-corrected chi connectivity index (χ4v) is 3.51. The number of nitrogens with zero attached hydrogens (tertiary/aromatic N) is 1. The number of benzene rings is 1. The van der Waals surface area contributed by atoms with Crippen LogP contribution in [0.25, 0.3) is 0 Å². The fourth-order valence-electron chi connectivity index (χ4n) is 3.51. The van der Waals surface area contributed by atoms with E-state index in [1.165, 1.54) is 22.5 Å². The number of rotatable bonds is 5. The van der Waals surface area contributed by atoms with Crippen molar-refractivity contribution in [1.29, 1.82) is 0 Å². The molecule has 0 fully saturated rings. The fraction of sp³-hybridized carbons (Fsp3) is 0.500. The van der Waals surface area contributed by atoms with Gasteiger partial charge in [0.05, 0.1) is 0 Å². The second-order valence-corrected chi connectivity index (χ2v) is 7.11. The van der Waals surface area contributed by atoms with Crippen LogP contribution in [0.3, 0.4) is 0 Å². The van der Waals surface area contributed by atoms with E-state index in [4.69, 9.17) is 0 Å². The van der Waals surface area contributed by atoms with Crippen LogP contribution in [-0.4, -0.2) is 4.57 Å². The van der Waals surface area contributed by atoms with E-state index < -0.39 is 0 Å². The van der Waals surface area contributed by atoms with E-state index in [9.17, 15) is 0 Å². The van der Waals surface area contributed by atoms with Crippen molar-refractivity contribution in [3.8, 4) is 0 Å². The summed E-state index contributed by atoms with van der Waals surface area (Å²) in [5.74, 6) is 0.592. The summed E-state index contributed by atoms with van der Waals surface area (Å²) in [6.07, 6.45) is 2.28. The van der Waals surface area contributed by atoms with E-state index >= 15 is 0 Å². The highest BCUT2D eigenvalue weighted by Gasteiger charge is 2.25. The Balaban J connectivity index is 2.23. The summed E-state index contributed by atoms with van der Waals surface area (Å²) in [4.78, 5) is 0. The first kappa shape index (κ1) is 15.9. The van der Waals surface area contributed by atoms with Gasteiger partial charge in [0.15, 0.2) is 0 Å². The van der Waals surface area contributed by atoms with Gasteiger partial charge in [-0.15, -0.1) is 0 Å². The molecule has 21 heavy (non-hydrogen) atoms. The molecule has 1 heteroatoms. The molecule has 0 amide bonds. The molecule has 0 saturated carbocycles. The number of hydrogen-bond acceptors (Lipinski definition) is 0. The van der Waals surface area contributed by atoms with E-state index in [2.05, 4.69) is 82.5 Å². The first-order chi connectivity index (χ1) is 9.83. The predicted molar refractivity (Wildman–Crippen MR) is 92.1 cm³/mol. The van der Waals surface area contributed by atoms with Gasteiger partial charge in [0.1, 0.15) is 0 Å². The van der Waals surface area contributed by atoms with Gasteiger partial charge >= 0.3 is 0 Å². The maximum Gasteiger partial charge on any atom is 0.0392 e. The van der Waals surface area contributed by atoms with Crippen LogP contribution in [0, 0.1) is 13.8 Å². The molecule has 0 atom stereocenters. The zero-order chi connectivity index (χ0) is 15.6. The van der Waals surface area contributed by atoms with Gasteiger partial charge < -0.3 is 4.57 Å². The van der Waals surface area contributed by atoms with Crippen LogP contribution in [0.1, 0.15) is 62.5 Å². The van der Waals surface area contributed by atoms with Crippen molar-refractivity contribution in [2.75, 3.05) is 0 Å². The lowest BCUT2D eigenvalue weighted by atomic mass is 9.94. The maximum absolute atomic E-state index is 2.53. The lowest BCUT2D eigenvalue weighted by Gasteiger charge is -2.31. The van der Waals surface area contributed by atoms with Gasteiger partial charge in [0, 0.05) is 16.9 Å². The molecule has 0 aliphatic carbocycles. The van der Waals surface area contributed by atoms with Crippen molar-refractivity contribution in [2.45, 2.75) is 65.8 Å². The topological polar surface area (TPSA) is 4.93 Å². The SMILES string of the molecule is Cc1cc(C(C)C)c(C)n1C(C)(C)CCc1ccccc1. The van der Waals surface area contributed by atoms with Gasteiger partial charge in [-0.05, 0) is 63.6 Å². The summed E-state index contributed by atoms with van der Waals surface area (Å²) in [6.45, 7) is 13.8. The van der Waals surface area contributed by atoms with Crippen molar-refractivity contribution in [2.24, 2.45) is 0 Å². The molecule has 0 aliphatic heterocycles. The summed E-state index contributed by atoms with van der Waals surface area (Å²) in [6, 6.07) is 13.2. The van der Waals surface area contributed by atoms with E-state index in [1.54, 1.807) is 0 Å². The maximum atomic E-state index is 2.53. The quantitative estimate of drug-likeness (QED) is 0.673. The highest BCUT2D eigenvalue weighted by molar-refractivity contribution is 5.31. The molecule has 0 radical (unpaired) electrons. The zero-order valence-electron chi connectivity index (χ0n) is 14.4. The van der Waals surface area contributed by atoms with Crippen molar-refractivity contribution < 1.29 is 0 Å². The lowest BCUT2D eigenvalue weighted by Crippen LogP contribution is -2.29. The Morgan fingerprint density at radius 1 is 1.05 bits per heavy atom. The molecule has 0 saturated heterocycles. The molecular weight excluding hydrogens is 254 g/mol. The highest BCUT2D eigenvalue weighted by Crippen LogP contribution is 2.31. The molecule has 1 nitrogen and oxygen atoms in total. The second kappa shape index (κ2) is 6.09. The molecule has 1 aromatic heterocycles. The van der Waals surface area contributed by atoms with Crippen molar-refractivity contribution >= 4 is 0 Å². The molecule has 1 aromatic carbocycles. The third kappa shape index (κ3) is 3.40. The second-order valence-electron chi connectivity index (χ2n) is 7.11. The van der Waals surface area contributed by atoms with Crippen LogP contribution >= 0.6 is 0 Å². The Morgan fingerprint density at radius 2 is 1.67 bits per heavy atom. The van der Waals surface area contributed by atoms with E-state index in [0.29, 0.717) is 5.92 Å². The lowest BCUT2D eigenvalue weighted by molar-refractivity contribution is 0.317. The minimum absolute atomic E-state index is 0.150. The Morgan fingerprint density at radius 3 is 2.19 bits per heavy atom. The van der Waals surface area contributed by atoms with Gasteiger partial charge in [-0.3, -0.25) is 0 Å². The first-order valence-electron chi connectivity index (χ1n) is 8.06. The number of aryl methyl sites for hydroxylation is 2. The van der Waals surface area contributed by atoms with Gasteiger partial charge in [0.25, 0.3) is 0 Å². The Labute approximate surface area is 130 Å². The third-order valence-electron chi connectivity index (χ3n) is 4.57. The Kier molecular flexibility index (Phi) is 4.61. The molecule has 0 spiro atoms. The summed E-state index contributed by atoms with van der Waals surface area (Å²) in [7, 11) is 0. The molecule has 1 heterocycles. The molecule has 0 bridgehead atoms. The zero-order valence-corrected chi connectivity index (χ0v) is 14.4. The van der Waals surface area contributed by atoms with Crippen LogP contribution in [0.15, 0.2) is 36.4 Å². The molecule has 0 unspecified atom stereocenters. The van der Waals surface area contributed by atoms with Crippen LogP contribution in [-0.2, 0) is 12.0 Å². The summed E-state index contributed by atoms with van der Waals surface area (Å²) in [5, 5.41) is 0. The molecule has 2 rings (SSSR count). The van der Waals surface area contributed by atoms with E-state index in [-0.39, 0.29) is 5.54 Å². The minimum atomic E-state index is 0.150. The van der Waals surface area contributed by atoms with Crippen LogP contribution in [0.2, 0.25) is 0 Å². The molecule has 0 N–H and O–H groups in total. The monoisotopic (exact) mass is 283 g/mol. The van der Waals surface area contributed by atoms with Crippen LogP contribution in [0.5, 0.6) is 0 Å². The Hall–Kier alpha value is -1.50. The average molecular weight is 283 g/mol. The summed E-state index contributed by atoms with van der Waals surface area (Å²) < 4.78 is 2.53. The molecule has 114 valence electrons. The standard InChI is InChI=1S/C20H29N/c1-15(2)19-14-16(3)21(17(19)4)20(5,6)13-12-18-10-8-7-9-11-18/h7-11,14-15H,12-13H2,1-6H3. The predicted octanol–water partition coefficient (Wildman–Crippen LogP) is 5.60. The van der Waals surface area contributed by atoms with Crippen molar-refractivity contribution in [3.63, 3.8) is 0 Å². The van der Waals surface area contributed by atoms with Gasteiger partial charge in [-0.1, -0.05) is 44.2 Å². The normalized spacial score (nSPS) is 12.1. The summed E-state index contributed by atoms with van der Waals surface area (Å²) in [5.41, 5.74) is 5.88. The minimum Gasteiger partial charge on any atom is -0.343 e. The first-order valence-corrected chi connectivity index (χ1v) is 8.06. The average Bonchev–Trinajstić information content (AvgIpc) is 2.74. The molecule has 0 aliphatic rings. The van der Waals surface area contributed by atoms with Gasteiger partial charge in [-0.2, -0.15) is 0 Å². The smallest absolute Gasteiger partial charge is 0.0392 e. The Bertz CT molecular complexity index is 588. The largest absolute Gasteiger partial charge is 0.343 e. The molecule has 2 aromatic rings. The van der Waals surface area contributed by atoms with Gasteiger partial charge in [0.2, 0.25) is 0 Å². The number of hydrogen-bond donors (Lipinski definition) is 0. The highest BCUT2D eigenvalue weighted by atomic mass is 15.1. The summed E-state index contributed by atoms with van der Waals surface area (Å²) >= 11 is 0. The van der Waals surface area contributed by atoms with E-state index in [1.807, 2.05) is 0 Å². The van der Waals surface area contributed by atoms with Crippen LogP contribution < -0.4 is 0 Å². The van der Waals surface area contributed by atoms with Gasteiger partial charge in [-0.25, -0.2) is 0 Å². The molecular formula is C20H29N. The van der Waals surface area contributed by atoms with Crippen molar-refractivity contribution in [3.05, 3.63) is 58.9 Å². The van der Waals surface area contributed by atoms with Crippen LogP contribution in [0.4, 0.5) is 0 Å². The third-order valence-corrected chi connectivity index (χ3v) is 4.57. The number of aromatic nitrogens is 1. The van der Waals surface area contributed by atoms with Crippen molar-refractivity contribution in [1.82, 2.24) is 4.57 Å². The van der Waals surface area contributed by atoms with E-state index in [0.717, 1.165) is 12.8 Å².